The van der Waals surface area contributed by atoms with Crippen molar-refractivity contribution in [1.29, 1.82) is 0 Å². The van der Waals surface area contributed by atoms with E-state index in [0.717, 1.165) is 17.7 Å². The molecule has 0 spiro atoms. The molecule has 0 fully saturated rings. The van der Waals surface area contributed by atoms with E-state index >= 15 is 0 Å². The van der Waals surface area contributed by atoms with Gasteiger partial charge in [0, 0.05) is 18.2 Å². The maximum Gasteiger partial charge on any atom is 0.287 e. The van der Waals surface area contributed by atoms with Gasteiger partial charge >= 0.3 is 0 Å². The predicted molar refractivity (Wildman–Crippen MR) is 95.1 cm³/mol. The Bertz CT molecular complexity index is 928. The normalized spacial score (nSPS) is 11.6. The van der Waals surface area contributed by atoms with Gasteiger partial charge in [-0.15, -0.1) is 0 Å². The first-order chi connectivity index (χ1) is 13.0. The molecule has 27 heavy (non-hydrogen) atoms. The minimum atomic E-state index is -1.08. The maximum atomic E-state index is 13.4. The zero-order valence-electron chi connectivity index (χ0n) is 14.1. The van der Waals surface area contributed by atoms with E-state index in [2.05, 4.69) is 10.6 Å². The lowest BCUT2D eigenvalue weighted by atomic mass is 10.0. The van der Waals surface area contributed by atoms with Gasteiger partial charge in [0.15, 0.2) is 17.4 Å². The second-order valence-corrected chi connectivity index (χ2v) is 5.81. The Morgan fingerprint density at radius 3 is 2.41 bits per heavy atom. The molecule has 1 unspecified atom stereocenters. The maximum absolute atomic E-state index is 13.4. The fourth-order valence-corrected chi connectivity index (χ4v) is 2.50. The zero-order valence-corrected chi connectivity index (χ0v) is 14.1. The molecular formula is C20H16F2N2O3. The molecule has 1 aromatic heterocycles. The van der Waals surface area contributed by atoms with Crippen LogP contribution in [0.4, 0.5) is 14.5 Å². The van der Waals surface area contributed by atoms with Crippen LogP contribution in [0.25, 0.3) is 0 Å². The predicted octanol–water partition coefficient (Wildman–Crippen LogP) is 3.54. The smallest absolute Gasteiger partial charge is 0.287 e. The molecule has 138 valence electrons. The number of carbonyl (C=O) groups excluding carboxylic acids is 2. The van der Waals surface area contributed by atoms with E-state index < -0.39 is 29.5 Å². The van der Waals surface area contributed by atoms with Crippen LogP contribution in [-0.4, -0.2) is 17.9 Å². The number of amides is 2. The van der Waals surface area contributed by atoms with E-state index in [4.69, 9.17) is 4.42 Å². The molecule has 3 rings (SSSR count). The molecule has 0 bridgehead atoms. The Hall–Kier alpha value is -3.48. The van der Waals surface area contributed by atoms with Gasteiger partial charge < -0.3 is 15.1 Å². The molecule has 0 aliphatic heterocycles. The number of anilines is 1. The number of hydrogen-bond acceptors (Lipinski definition) is 3. The second kappa shape index (κ2) is 8.27. The van der Waals surface area contributed by atoms with E-state index in [1.54, 1.807) is 6.07 Å². The SMILES string of the molecule is O=C(NC(Cc1ccccc1)C(=O)Nc1ccc(F)c(F)c1)c1ccco1. The molecule has 2 N–H and O–H groups in total. The molecule has 2 aromatic carbocycles. The van der Waals surface area contributed by atoms with Crippen molar-refractivity contribution in [2.45, 2.75) is 12.5 Å². The number of nitrogens with one attached hydrogen (secondary N) is 2. The van der Waals surface area contributed by atoms with Gasteiger partial charge in [0.05, 0.1) is 6.26 Å². The Labute approximate surface area is 154 Å². The van der Waals surface area contributed by atoms with Gasteiger partial charge in [-0.1, -0.05) is 30.3 Å². The fourth-order valence-electron chi connectivity index (χ4n) is 2.50. The summed E-state index contributed by atoms with van der Waals surface area (Å²) < 4.78 is 31.5. The average Bonchev–Trinajstić information content (AvgIpc) is 3.20. The number of benzene rings is 2. The van der Waals surface area contributed by atoms with Crippen LogP contribution in [0.15, 0.2) is 71.3 Å². The molecule has 0 saturated carbocycles. The number of hydrogen-bond donors (Lipinski definition) is 2. The van der Waals surface area contributed by atoms with Crippen molar-refractivity contribution >= 4 is 17.5 Å². The highest BCUT2D eigenvalue weighted by Gasteiger charge is 2.23. The summed E-state index contributed by atoms with van der Waals surface area (Å²) in [5, 5.41) is 5.09. The van der Waals surface area contributed by atoms with Gasteiger partial charge in [-0.25, -0.2) is 8.78 Å². The van der Waals surface area contributed by atoms with Crippen LogP contribution < -0.4 is 10.6 Å². The highest BCUT2D eigenvalue weighted by Crippen LogP contribution is 2.14. The van der Waals surface area contributed by atoms with Crippen molar-refractivity contribution in [2.75, 3.05) is 5.32 Å². The molecule has 0 radical (unpaired) electrons. The third-order valence-electron chi connectivity index (χ3n) is 3.84. The Balaban J connectivity index is 1.77. The summed E-state index contributed by atoms with van der Waals surface area (Å²) in [5.74, 6) is -3.15. The molecule has 2 amide bonds. The largest absolute Gasteiger partial charge is 0.459 e. The van der Waals surface area contributed by atoms with Gasteiger partial charge in [-0.3, -0.25) is 9.59 Å². The summed E-state index contributed by atoms with van der Waals surface area (Å²) in [6, 6.07) is 14.2. The van der Waals surface area contributed by atoms with Crippen LogP contribution in [0.2, 0.25) is 0 Å². The van der Waals surface area contributed by atoms with E-state index in [9.17, 15) is 18.4 Å². The minimum absolute atomic E-state index is 0.0636. The Kier molecular flexibility index (Phi) is 5.61. The van der Waals surface area contributed by atoms with Crippen LogP contribution in [0.3, 0.4) is 0 Å². The summed E-state index contributed by atoms with van der Waals surface area (Å²) in [7, 11) is 0. The quantitative estimate of drug-likeness (QED) is 0.697. The topological polar surface area (TPSA) is 71.3 Å². The highest BCUT2D eigenvalue weighted by atomic mass is 19.2. The van der Waals surface area contributed by atoms with Crippen LogP contribution >= 0.6 is 0 Å². The number of carbonyl (C=O) groups is 2. The number of rotatable bonds is 6. The summed E-state index contributed by atoms with van der Waals surface area (Å²) in [5.41, 5.74) is 0.909. The summed E-state index contributed by atoms with van der Waals surface area (Å²) in [4.78, 5) is 24.9. The third kappa shape index (κ3) is 4.78. The molecule has 0 saturated heterocycles. The first kappa shape index (κ1) is 18.3. The summed E-state index contributed by atoms with van der Waals surface area (Å²) in [6.45, 7) is 0. The van der Waals surface area contributed by atoms with Crippen molar-refractivity contribution in [3.8, 4) is 0 Å². The van der Waals surface area contributed by atoms with Crippen LogP contribution in [-0.2, 0) is 11.2 Å². The van der Waals surface area contributed by atoms with Gasteiger partial charge in [0.25, 0.3) is 5.91 Å². The van der Waals surface area contributed by atoms with E-state index in [-0.39, 0.29) is 17.9 Å². The highest BCUT2D eigenvalue weighted by molar-refractivity contribution is 6.00. The Morgan fingerprint density at radius 2 is 1.74 bits per heavy atom. The summed E-state index contributed by atoms with van der Waals surface area (Å²) in [6.07, 6.45) is 1.56. The van der Waals surface area contributed by atoms with Crippen LogP contribution in [0.5, 0.6) is 0 Å². The minimum Gasteiger partial charge on any atom is -0.459 e. The molecule has 7 heteroatoms. The van der Waals surface area contributed by atoms with Gasteiger partial charge in [0.1, 0.15) is 6.04 Å². The monoisotopic (exact) mass is 370 g/mol. The lowest BCUT2D eigenvalue weighted by molar-refractivity contribution is -0.118. The molecule has 5 nitrogen and oxygen atoms in total. The van der Waals surface area contributed by atoms with Crippen LogP contribution in [0.1, 0.15) is 16.1 Å². The van der Waals surface area contributed by atoms with Crippen LogP contribution in [0, 0.1) is 11.6 Å². The van der Waals surface area contributed by atoms with Gasteiger partial charge in [-0.05, 0) is 29.8 Å². The van der Waals surface area contributed by atoms with Crippen molar-refractivity contribution in [1.82, 2.24) is 5.32 Å². The number of halogens is 2. The molecule has 3 aromatic rings. The van der Waals surface area contributed by atoms with Gasteiger partial charge in [-0.2, -0.15) is 0 Å². The molecule has 0 aliphatic carbocycles. The fraction of sp³-hybridized carbons (Fsp3) is 0.100. The summed E-state index contributed by atoms with van der Waals surface area (Å²) >= 11 is 0. The molecular weight excluding hydrogens is 354 g/mol. The average molecular weight is 370 g/mol. The van der Waals surface area contributed by atoms with Crippen molar-refractivity contribution in [3.05, 3.63) is 89.9 Å². The zero-order chi connectivity index (χ0) is 19.2. The first-order valence-electron chi connectivity index (χ1n) is 8.17. The van der Waals surface area contributed by atoms with E-state index in [0.29, 0.717) is 0 Å². The van der Waals surface area contributed by atoms with Crippen molar-refractivity contribution in [2.24, 2.45) is 0 Å². The van der Waals surface area contributed by atoms with E-state index in [1.807, 2.05) is 30.3 Å². The van der Waals surface area contributed by atoms with Crippen molar-refractivity contribution in [3.63, 3.8) is 0 Å². The molecule has 0 aliphatic rings. The lowest BCUT2D eigenvalue weighted by Crippen LogP contribution is -2.45. The second-order valence-electron chi connectivity index (χ2n) is 5.81. The standard InChI is InChI=1S/C20H16F2N2O3/c21-15-9-8-14(12-16(15)22)23-19(25)17(11-13-5-2-1-3-6-13)24-20(26)18-7-4-10-27-18/h1-10,12,17H,11H2,(H,23,25)(H,24,26). The van der Waals surface area contributed by atoms with Gasteiger partial charge in [0.2, 0.25) is 5.91 Å². The van der Waals surface area contributed by atoms with E-state index in [1.165, 1.54) is 18.4 Å². The first-order valence-corrected chi connectivity index (χ1v) is 8.17. The van der Waals surface area contributed by atoms with Crippen molar-refractivity contribution < 1.29 is 22.8 Å². The number of furan rings is 1. The third-order valence-corrected chi connectivity index (χ3v) is 3.84. The molecule has 1 heterocycles. The lowest BCUT2D eigenvalue weighted by Gasteiger charge is -2.18. The Morgan fingerprint density at radius 1 is 0.963 bits per heavy atom. The molecule has 1 atom stereocenters.